The average Bonchev–Trinajstić information content (AvgIpc) is 3.29. The third-order valence-corrected chi connectivity index (χ3v) is 14.3. The maximum absolute atomic E-state index is 13.3. The van der Waals surface area contributed by atoms with E-state index in [-0.39, 0.29) is 30.1 Å². The third kappa shape index (κ3) is 8.69. The Morgan fingerprint density at radius 1 is 0.746 bits per heavy atom. The second kappa shape index (κ2) is 18.2. The summed E-state index contributed by atoms with van der Waals surface area (Å²) in [7, 11) is 5.63. The lowest BCUT2D eigenvalue weighted by molar-refractivity contribution is 0.211. The number of aryl methyl sites for hydroxylation is 1. The standard InChI is InChI=1S/C49H57N5O8S/c1-53-24-19-34-29-44(58-4)48(59-5)49-46(34)38(53)16-12-32-13-17-40(60-25-7-20-52-63(55,56)45-9-6-8-37-47(45)51-22-21-50-37)42(27-32)61-35-14-10-31(11-15-35)26-39-36-30-43(62-49)41(57-3)28-33(36)18-23-54(39)2/h6,8-11,13-15,17,27-30,38-39,50-52H,7,12,16,18-26H2,1-5H3/t38-,39-/m1/s1. The lowest BCUT2D eigenvalue weighted by Crippen LogP contribution is -2.33. The number of ether oxygens (including phenoxy) is 6. The second-order valence-corrected chi connectivity index (χ2v) is 18.4. The third-order valence-electron chi connectivity index (χ3n) is 12.8. The van der Waals surface area contributed by atoms with Gasteiger partial charge in [-0.25, -0.2) is 13.1 Å². The van der Waals surface area contributed by atoms with Crippen molar-refractivity contribution in [2.45, 2.75) is 55.5 Å². The van der Waals surface area contributed by atoms with Crippen LogP contribution in [0.3, 0.4) is 0 Å². The van der Waals surface area contributed by atoms with E-state index in [1.54, 1.807) is 33.5 Å². The Morgan fingerprint density at radius 3 is 2.27 bits per heavy atom. The summed E-state index contributed by atoms with van der Waals surface area (Å²) >= 11 is 0. The van der Waals surface area contributed by atoms with Gasteiger partial charge in [-0.2, -0.15) is 0 Å². The van der Waals surface area contributed by atoms with Gasteiger partial charge < -0.3 is 39.1 Å². The number of rotatable bonds is 10. The predicted octanol–water partition coefficient (Wildman–Crippen LogP) is 8.13. The van der Waals surface area contributed by atoms with Crippen molar-refractivity contribution < 1.29 is 36.8 Å². The Bertz CT molecular complexity index is 2590. The van der Waals surface area contributed by atoms with Crippen molar-refractivity contribution in [2.75, 3.05) is 85.4 Å². The highest BCUT2D eigenvalue weighted by Gasteiger charge is 2.34. The number of nitrogens with one attached hydrogen (secondary N) is 3. The van der Waals surface area contributed by atoms with Crippen molar-refractivity contribution in [2.24, 2.45) is 0 Å². The summed E-state index contributed by atoms with van der Waals surface area (Å²) in [6.07, 6.45) is 4.50. The number of benzene rings is 5. The molecule has 3 N–H and O–H groups in total. The number of methoxy groups -OCH3 is 3. The Hall–Kier alpha value is -5.67. The highest BCUT2D eigenvalue weighted by Crippen LogP contribution is 2.52. The molecule has 5 aromatic rings. The van der Waals surface area contributed by atoms with Crippen molar-refractivity contribution in [1.82, 2.24) is 14.5 Å². The molecule has 0 fully saturated rings. The number of hydrogen-bond donors (Lipinski definition) is 3. The molecular formula is C49H57N5O8S. The molecule has 14 heteroatoms. The molecule has 0 radical (unpaired) electrons. The van der Waals surface area contributed by atoms with Gasteiger partial charge in [0.1, 0.15) is 10.6 Å². The molecule has 0 amide bonds. The van der Waals surface area contributed by atoms with Gasteiger partial charge in [-0.15, -0.1) is 0 Å². The van der Waals surface area contributed by atoms with E-state index in [1.807, 2.05) is 24.3 Å². The number of fused-ring (bicyclic) bond motifs is 4. The van der Waals surface area contributed by atoms with Crippen molar-refractivity contribution >= 4 is 21.4 Å². The van der Waals surface area contributed by atoms with Crippen LogP contribution in [0.25, 0.3) is 0 Å². The Balaban J connectivity index is 1.03. The monoisotopic (exact) mass is 875 g/mol. The van der Waals surface area contributed by atoms with Crippen LogP contribution in [0.2, 0.25) is 0 Å². The molecule has 13 nitrogen and oxygen atoms in total. The van der Waals surface area contributed by atoms with Gasteiger partial charge in [0, 0.05) is 50.4 Å². The molecule has 10 rings (SSSR count). The Labute approximate surface area is 370 Å². The van der Waals surface area contributed by atoms with Crippen molar-refractivity contribution in [3.05, 3.63) is 112 Å². The number of sulfonamides is 1. The molecule has 0 unspecified atom stereocenters. The minimum Gasteiger partial charge on any atom is -0.493 e. The minimum absolute atomic E-state index is 0.00196. The molecule has 6 bridgehead atoms. The van der Waals surface area contributed by atoms with E-state index in [4.69, 9.17) is 28.4 Å². The highest BCUT2D eigenvalue weighted by atomic mass is 32.2. The number of hydrogen-bond acceptors (Lipinski definition) is 12. The molecule has 0 saturated heterocycles. The lowest BCUT2D eigenvalue weighted by atomic mass is 9.87. The molecule has 2 atom stereocenters. The van der Waals surface area contributed by atoms with Gasteiger partial charge in [-0.3, -0.25) is 9.80 Å². The zero-order valence-electron chi connectivity index (χ0n) is 36.7. The summed E-state index contributed by atoms with van der Waals surface area (Å²) in [5, 5.41) is 6.48. The number of likely N-dealkylation sites (N-methyl/N-ethyl adjacent to an activating group) is 2. The van der Waals surface area contributed by atoms with Crippen LogP contribution in [0.4, 0.5) is 11.4 Å². The Morgan fingerprint density at radius 2 is 1.48 bits per heavy atom. The van der Waals surface area contributed by atoms with Crippen LogP contribution in [-0.4, -0.2) is 93.0 Å². The van der Waals surface area contributed by atoms with Crippen LogP contribution in [0, 0.1) is 0 Å². The topological polar surface area (TPSA) is 132 Å². The summed E-state index contributed by atoms with van der Waals surface area (Å²) in [4.78, 5) is 5.03. The van der Waals surface area contributed by atoms with Gasteiger partial charge in [0.15, 0.2) is 34.5 Å². The van der Waals surface area contributed by atoms with Crippen LogP contribution in [0.1, 0.15) is 58.3 Å². The first-order valence-electron chi connectivity index (χ1n) is 21.8. The normalized spacial score (nSPS) is 18.4. The van der Waals surface area contributed by atoms with E-state index >= 15 is 0 Å². The van der Waals surface area contributed by atoms with Gasteiger partial charge in [0.25, 0.3) is 0 Å². The molecule has 0 spiro atoms. The fourth-order valence-electron chi connectivity index (χ4n) is 9.45. The first-order valence-corrected chi connectivity index (χ1v) is 23.3. The summed E-state index contributed by atoms with van der Waals surface area (Å²) in [6.45, 7) is 3.67. The number of anilines is 2. The lowest BCUT2D eigenvalue weighted by Gasteiger charge is -2.37. The predicted molar refractivity (Wildman–Crippen MR) is 244 cm³/mol. The van der Waals surface area contributed by atoms with Crippen LogP contribution < -0.4 is 43.8 Å². The van der Waals surface area contributed by atoms with E-state index in [0.29, 0.717) is 64.6 Å². The van der Waals surface area contributed by atoms with Crippen LogP contribution in [0.5, 0.6) is 46.0 Å². The second-order valence-electron chi connectivity index (χ2n) is 16.7. The molecular weight excluding hydrogens is 819 g/mol. The summed E-state index contributed by atoms with van der Waals surface area (Å²) in [5.41, 5.74) is 8.35. The van der Waals surface area contributed by atoms with Crippen LogP contribution in [0.15, 0.2) is 83.8 Å². The van der Waals surface area contributed by atoms with Crippen molar-refractivity contribution in [3.8, 4) is 46.0 Å². The number of nitrogens with zero attached hydrogens (tertiary/aromatic N) is 2. The van der Waals surface area contributed by atoms with E-state index in [0.717, 1.165) is 68.6 Å². The summed E-state index contributed by atoms with van der Waals surface area (Å²) in [6, 6.07) is 26.1. The summed E-state index contributed by atoms with van der Waals surface area (Å²) in [5.74, 6) is 5.02. The first kappa shape index (κ1) is 42.6. The maximum Gasteiger partial charge on any atom is 0.242 e. The largest absolute Gasteiger partial charge is 0.493 e. The van der Waals surface area contributed by atoms with Gasteiger partial charge in [-0.1, -0.05) is 24.3 Å². The molecule has 332 valence electrons. The van der Waals surface area contributed by atoms with E-state index in [1.165, 1.54) is 22.3 Å². The molecule has 0 aliphatic carbocycles. The molecule has 0 aromatic heterocycles. The Kier molecular flexibility index (Phi) is 12.3. The smallest absolute Gasteiger partial charge is 0.242 e. The van der Waals surface area contributed by atoms with Gasteiger partial charge in [-0.05, 0) is 135 Å². The minimum atomic E-state index is -3.75. The number of para-hydroxylation sites is 1. The van der Waals surface area contributed by atoms with Crippen LogP contribution in [-0.2, 0) is 35.7 Å². The van der Waals surface area contributed by atoms with Crippen molar-refractivity contribution in [3.63, 3.8) is 0 Å². The van der Waals surface area contributed by atoms with E-state index in [2.05, 4.69) is 81.7 Å². The summed E-state index contributed by atoms with van der Waals surface area (Å²) < 4.78 is 67.6. The fourth-order valence-corrected chi connectivity index (χ4v) is 10.7. The maximum atomic E-state index is 13.3. The molecule has 5 aliphatic rings. The average molecular weight is 876 g/mol. The molecule has 5 aromatic carbocycles. The highest BCUT2D eigenvalue weighted by molar-refractivity contribution is 7.89. The zero-order valence-corrected chi connectivity index (χ0v) is 37.5. The zero-order chi connectivity index (χ0) is 43.7. The van der Waals surface area contributed by atoms with Crippen LogP contribution >= 0.6 is 0 Å². The van der Waals surface area contributed by atoms with Gasteiger partial charge >= 0.3 is 0 Å². The molecule has 63 heavy (non-hydrogen) atoms. The van der Waals surface area contributed by atoms with E-state index in [9.17, 15) is 8.42 Å². The first-order chi connectivity index (χ1) is 30.6. The van der Waals surface area contributed by atoms with E-state index < -0.39 is 10.0 Å². The van der Waals surface area contributed by atoms with Gasteiger partial charge in [0.2, 0.25) is 15.8 Å². The SMILES string of the molecule is COc1cc2c3cc1Oc1c(OC)c(OC)cc4c1[C@@H](CCc1ccc(OCCCNS(=O)(=O)c5cccc6c5NCCN6)c(c1)Oc1ccc(cc1)C[C@H]3N(C)CC2)N(C)CC4. The molecule has 0 saturated carbocycles. The quantitative estimate of drug-likeness (QED) is 0.117. The molecule has 5 aliphatic heterocycles. The fraction of sp³-hybridized carbons (Fsp3) is 0.388. The molecule has 5 heterocycles. The van der Waals surface area contributed by atoms with Crippen molar-refractivity contribution in [1.29, 1.82) is 0 Å². The van der Waals surface area contributed by atoms with Gasteiger partial charge in [0.05, 0.1) is 39.3 Å².